The van der Waals surface area contributed by atoms with E-state index in [1.165, 1.54) is 0 Å². The van der Waals surface area contributed by atoms with E-state index in [0.29, 0.717) is 37.2 Å². The SMILES string of the molecule is NNc1nc(NCCOCCO)c2cn[nH]c2n1. The summed E-state index contributed by atoms with van der Waals surface area (Å²) in [6, 6.07) is 0. The van der Waals surface area contributed by atoms with E-state index < -0.39 is 0 Å². The van der Waals surface area contributed by atoms with Gasteiger partial charge in [0.05, 0.1) is 31.4 Å². The van der Waals surface area contributed by atoms with Crippen LogP contribution in [0.4, 0.5) is 11.8 Å². The van der Waals surface area contributed by atoms with Crippen molar-refractivity contribution in [2.45, 2.75) is 0 Å². The predicted molar refractivity (Wildman–Crippen MR) is 65.9 cm³/mol. The van der Waals surface area contributed by atoms with Crippen molar-refractivity contribution < 1.29 is 9.84 Å². The van der Waals surface area contributed by atoms with Crippen LogP contribution in [0.5, 0.6) is 0 Å². The summed E-state index contributed by atoms with van der Waals surface area (Å²) in [5.74, 6) is 6.20. The third-order valence-electron chi connectivity index (χ3n) is 2.21. The fraction of sp³-hybridized carbons (Fsp3) is 0.444. The molecule has 98 valence electrons. The van der Waals surface area contributed by atoms with Crippen molar-refractivity contribution in [1.29, 1.82) is 0 Å². The van der Waals surface area contributed by atoms with E-state index in [0.717, 1.165) is 5.39 Å². The molecule has 0 aromatic carbocycles. The number of anilines is 2. The molecule has 2 heterocycles. The number of hydrogen-bond acceptors (Lipinski definition) is 8. The molecule has 0 aliphatic heterocycles. The van der Waals surface area contributed by atoms with Gasteiger partial charge in [0.25, 0.3) is 0 Å². The average molecular weight is 253 g/mol. The molecule has 9 nitrogen and oxygen atoms in total. The zero-order valence-corrected chi connectivity index (χ0v) is 9.68. The zero-order chi connectivity index (χ0) is 12.8. The van der Waals surface area contributed by atoms with Gasteiger partial charge in [-0.3, -0.25) is 10.5 Å². The van der Waals surface area contributed by atoms with E-state index in [-0.39, 0.29) is 6.61 Å². The van der Waals surface area contributed by atoms with E-state index in [1.807, 2.05) is 0 Å². The number of fused-ring (bicyclic) bond motifs is 1. The summed E-state index contributed by atoms with van der Waals surface area (Å²) in [6.07, 6.45) is 1.63. The Kier molecular flexibility index (Phi) is 4.23. The van der Waals surface area contributed by atoms with Gasteiger partial charge in [0.1, 0.15) is 5.82 Å². The number of H-pyrrole nitrogens is 1. The van der Waals surface area contributed by atoms with Crippen LogP contribution in [0.3, 0.4) is 0 Å². The molecule has 0 aliphatic carbocycles. The highest BCUT2D eigenvalue weighted by Crippen LogP contribution is 2.18. The Hall–Kier alpha value is -1.97. The molecule has 0 bridgehead atoms. The van der Waals surface area contributed by atoms with Gasteiger partial charge < -0.3 is 15.2 Å². The number of hydrogen-bond donors (Lipinski definition) is 5. The molecule has 2 rings (SSSR count). The lowest BCUT2D eigenvalue weighted by Crippen LogP contribution is -2.15. The molecule has 6 N–H and O–H groups in total. The molecule has 0 aliphatic rings. The van der Waals surface area contributed by atoms with Crippen molar-refractivity contribution in [3.05, 3.63) is 6.20 Å². The van der Waals surface area contributed by atoms with Gasteiger partial charge in [-0.2, -0.15) is 15.1 Å². The minimum Gasteiger partial charge on any atom is -0.394 e. The van der Waals surface area contributed by atoms with Gasteiger partial charge in [-0.05, 0) is 0 Å². The maximum absolute atomic E-state index is 8.56. The molecule has 0 spiro atoms. The molecule has 0 saturated heterocycles. The van der Waals surface area contributed by atoms with Crippen LogP contribution < -0.4 is 16.6 Å². The second kappa shape index (κ2) is 6.10. The number of hydrazine groups is 1. The van der Waals surface area contributed by atoms with Crippen molar-refractivity contribution in [3.8, 4) is 0 Å². The van der Waals surface area contributed by atoms with Crippen molar-refractivity contribution in [2.24, 2.45) is 5.84 Å². The third-order valence-corrected chi connectivity index (χ3v) is 2.21. The maximum Gasteiger partial charge on any atom is 0.241 e. The summed E-state index contributed by atoms with van der Waals surface area (Å²) in [5.41, 5.74) is 2.98. The van der Waals surface area contributed by atoms with Gasteiger partial charge in [0, 0.05) is 6.54 Å². The Morgan fingerprint density at radius 3 is 3.06 bits per heavy atom. The van der Waals surface area contributed by atoms with Gasteiger partial charge in [-0.1, -0.05) is 0 Å². The standard InChI is InChI=1S/C9H15N7O2/c10-15-9-13-7(11-1-3-18-4-2-17)6-5-12-16-8(6)14-9/h5,17H,1-4,10H2,(H3,11,12,13,14,15,16). The largest absolute Gasteiger partial charge is 0.394 e. The number of aliphatic hydroxyl groups is 1. The first kappa shape index (κ1) is 12.5. The van der Waals surface area contributed by atoms with Crippen LogP contribution >= 0.6 is 0 Å². The van der Waals surface area contributed by atoms with E-state index >= 15 is 0 Å². The Labute approximate surface area is 103 Å². The molecule has 0 amide bonds. The van der Waals surface area contributed by atoms with Crippen LogP contribution in [0, 0.1) is 0 Å². The first-order valence-electron chi connectivity index (χ1n) is 5.45. The molecule has 0 fully saturated rings. The maximum atomic E-state index is 8.56. The van der Waals surface area contributed by atoms with Gasteiger partial charge in [-0.15, -0.1) is 0 Å². The van der Waals surface area contributed by atoms with Crippen molar-refractivity contribution >= 4 is 22.8 Å². The second-order valence-electron chi connectivity index (χ2n) is 3.44. The molecule has 2 aromatic rings. The fourth-order valence-corrected chi connectivity index (χ4v) is 1.44. The van der Waals surface area contributed by atoms with E-state index in [2.05, 4.69) is 30.9 Å². The molecular weight excluding hydrogens is 238 g/mol. The number of aromatic amines is 1. The topological polar surface area (TPSA) is 134 Å². The highest BCUT2D eigenvalue weighted by molar-refractivity contribution is 5.86. The smallest absolute Gasteiger partial charge is 0.241 e. The van der Waals surface area contributed by atoms with Crippen LogP contribution in [-0.4, -0.2) is 51.6 Å². The summed E-state index contributed by atoms with van der Waals surface area (Å²) in [4.78, 5) is 8.29. The summed E-state index contributed by atoms with van der Waals surface area (Å²) in [6.45, 7) is 1.36. The summed E-state index contributed by atoms with van der Waals surface area (Å²) < 4.78 is 5.13. The first-order valence-corrected chi connectivity index (χ1v) is 5.45. The molecule has 0 saturated carbocycles. The number of rotatable bonds is 7. The number of nitrogens with zero attached hydrogens (tertiary/aromatic N) is 3. The summed E-state index contributed by atoms with van der Waals surface area (Å²) in [5, 5.41) is 19.1. The minimum atomic E-state index is 0.0146. The highest BCUT2D eigenvalue weighted by atomic mass is 16.5. The Morgan fingerprint density at radius 1 is 1.39 bits per heavy atom. The quantitative estimate of drug-likeness (QED) is 0.242. The van der Waals surface area contributed by atoms with Crippen LogP contribution in [0.15, 0.2) is 6.20 Å². The van der Waals surface area contributed by atoms with Crippen LogP contribution in [0.1, 0.15) is 0 Å². The van der Waals surface area contributed by atoms with Gasteiger partial charge in [0.2, 0.25) is 5.95 Å². The summed E-state index contributed by atoms with van der Waals surface area (Å²) in [7, 11) is 0. The number of aliphatic hydroxyl groups excluding tert-OH is 1. The Morgan fingerprint density at radius 2 is 2.28 bits per heavy atom. The third kappa shape index (κ3) is 2.83. The lowest BCUT2D eigenvalue weighted by molar-refractivity contribution is 0.0992. The first-order chi connectivity index (χ1) is 8.85. The number of aromatic nitrogens is 4. The lowest BCUT2D eigenvalue weighted by Gasteiger charge is -2.08. The number of nitrogens with two attached hydrogens (primary N) is 1. The molecular formula is C9H15N7O2. The number of nitrogens with one attached hydrogen (secondary N) is 3. The monoisotopic (exact) mass is 253 g/mol. The Balaban J connectivity index is 2.04. The molecule has 9 heteroatoms. The summed E-state index contributed by atoms with van der Waals surface area (Å²) >= 11 is 0. The van der Waals surface area contributed by atoms with Crippen LogP contribution in [-0.2, 0) is 4.74 Å². The van der Waals surface area contributed by atoms with Gasteiger partial charge in [-0.25, -0.2) is 5.84 Å². The van der Waals surface area contributed by atoms with Crippen molar-refractivity contribution in [3.63, 3.8) is 0 Å². The average Bonchev–Trinajstić information content (AvgIpc) is 2.86. The van der Waals surface area contributed by atoms with E-state index in [4.69, 9.17) is 15.7 Å². The molecule has 0 atom stereocenters. The molecule has 18 heavy (non-hydrogen) atoms. The predicted octanol–water partition coefficient (Wildman–Crippen LogP) is -0.941. The van der Waals surface area contributed by atoms with Crippen LogP contribution in [0.2, 0.25) is 0 Å². The molecule has 0 radical (unpaired) electrons. The van der Waals surface area contributed by atoms with E-state index in [1.54, 1.807) is 6.20 Å². The van der Waals surface area contributed by atoms with Gasteiger partial charge >= 0.3 is 0 Å². The lowest BCUT2D eigenvalue weighted by atomic mass is 10.4. The normalized spacial score (nSPS) is 10.8. The second-order valence-corrected chi connectivity index (χ2v) is 3.44. The molecule has 2 aromatic heterocycles. The number of nitrogen functional groups attached to an aromatic ring is 1. The van der Waals surface area contributed by atoms with Gasteiger partial charge in [0.15, 0.2) is 5.65 Å². The zero-order valence-electron chi connectivity index (χ0n) is 9.68. The van der Waals surface area contributed by atoms with E-state index in [9.17, 15) is 0 Å². The number of ether oxygens (including phenoxy) is 1. The highest BCUT2D eigenvalue weighted by Gasteiger charge is 2.08. The Bertz CT molecular complexity index is 501. The minimum absolute atomic E-state index is 0.0146. The fourth-order valence-electron chi connectivity index (χ4n) is 1.44. The van der Waals surface area contributed by atoms with Crippen LogP contribution in [0.25, 0.3) is 11.0 Å². The van der Waals surface area contributed by atoms with Crippen molar-refractivity contribution in [1.82, 2.24) is 20.2 Å². The van der Waals surface area contributed by atoms with Crippen molar-refractivity contribution in [2.75, 3.05) is 37.1 Å². The molecule has 0 unspecified atom stereocenters.